The molecular weight excluding hydrogens is 226 g/mol. The fourth-order valence-corrected chi connectivity index (χ4v) is 1.95. The lowest BCUT2D eigenvalue weighted by molar-refractivity contribution is -0.105. The monoisotopic (exact) mass is 237 g/mol. The van der Waals surface area contributed by atoms with Gasteiger partial charge in [-0.1, -0.05) is 12.1 Å². The normalized spacial score (nSPS) is 10.4. The molecule has 0 unspecified atom stereocenters. The SMILES string of the molecule is O=CNc1ccc(-n2cnc3ccccc32)cc1. The Morgan fingerprint density at radius 2 is 1.83 bits per heavy atom. The summed E-state index contributed by atoms with van der Waals surface area (Å²) >= 11 is 0. The van der Waals surface area contributed by atoms with Gasteiger partial charge in [-0.25, -0.2) is 4.98 Å². The maximum atomic E-state index is 10.3. The lowest BCUT2D eigenvalue weighted by Gasteiger charge is -2.05. The number of amides is 1. The third-order valence-electron chi connectivity index (χ3n) is 2.82. The van der Waals surface area contributed by atoms with E-state index in [1.807, 2.05) is 53.1 Å². The Labute approximate surface area is 104 Å². The number of para-hydroxylation sites is 2. The van der Waals surface area contributed by atoms with Gasteiger partial charge in [-0.15, -0.1) is 0 Å². The molecule has 1 heterocycles. The average Bonchev–Trinajstić information content (AvgIpc) is 2.84. The molecule has 0 saturated carbocycles. The highest BCUT2D eigenvalue weighted by Crippen LogP contribution is 2.19. The number of carbonyl (C=O) groups excluding carboxylic acids is 1. The third kappa shape index (κ3) is 1.73. The van der Waals surface area contributed by atoms with Gasteiger partial charge in [-0.3, -0.25) is 9.36 Å². The second-order valence-electron chi connectivity index (χ2n) is 3.91. The maximum absolute atomic E-state index is 10.3. The van der Waals surface area contributed by atoms with Crippen LogP contribution in [0.1, 0.15) is 0 Å². The summed E-state index contributed by atoms with van der Waals surface area (Å²) in [5, 5.41) is 2.61. The van der Waals surface area contributed by atoms with E-state index in [1.54, 1.807) is 6.33 Å². The Balaban J connectivity index is 2.06. The zero-order valence-corrected chi connectivity index (χ0v) is 9.58. The molecule has 4 heteroatoms. The lowest BCUT2D eigenvalue weighted by Crippen LogP contribution is -1.95. The number of nitrogens with one attached hydrogen (secondary N) is 1. The smallest absolute Gasteiger partial charge is 0.211 e. The van der Waals surface area contributed by atoms with E-state index in [0.29, 0.717) is 6.41 Å². The molecule has 3 aromatic rings. The van der Waals surface area contributed by atoms with E-state index in [9.17, 15) is 4.79 Å². The van der Waals surface area contributed by atoms with E-state index in [1.165, 1.54) is 0 Å². The molecule has 4 nitrogen and oxygen atoms in total. The number of fused-ring (bicyclic) bond motifs is 1. The Morgan fingerprint density at radius 1 is 1.06 bits per heavy atom. The molecule has 0 aliphatic rings. The van der Waals surface area contributed by atoms with E-state index in [2.05, 4.69) is 10.3 Å². The number of imidazole rings is 1. The summed E-state index contributed by atoms with van der Waals surface area (Å²) in [7, 11) is 0. The second-order valence-corrected chi connectivity index (χ2v) is 3.91. The summed E-state index contributed by atoms with van der Waals surface area (Å²) in [5.74, 6) is 0. The maximum Gasteiger partial charge on any atom is 0.211 e. The van der Waals surface area contributed by atoms with Crippen molar-refractivity contribution in [2.45, 2.75) is 0 Å². The van der Waals surface area contributed by atoms with Crippen molar-refractivity contribution in [3.63, 3.8) is 0 Å². The van der Waals surface area contributed by atoms with Crippen LogP contribution in [0.5, 0.6) is 0 Å². The number of hydrogen-bond donors (Lipinski definition) is 1. The Morgan fingerprint density at radius 3 is 2.61 bits per heavy atom. The highest BCUT2D eigenvalue weighted by atomic mass is 16.1. The first-order valence-corrected chi connectivity index (χ1v) is 5.61. The summed E-state index contributed by atoms with van der Waals surface area (Å²) in [5.41, 5.74) is 3.82. The van der Waals surface area contributed by atoms with Gasteiger partial charge in [0.25, 0.3) is 0 Å². The molecular formula is C14H11N3O. The van der Waals surface area contributed by atoms with Crippen molar-refractivity contribution in [2.75, 3.05) is 5.32 Å². The predicted molar refractivity (Wildman–Crippen MR) is 70.8 cm³/mol. The second kappa shape index (κ2) is 4.33. The quantitative estimate of drug-likeness (QED) is 0.712. The molecule has 1 aromatic heterocycles. The molecule has 1 amide bonds. The zero-order chi connectivity index (χ0) is 12.4. The first-order chi connectivity index (χ1) is 8.88. The van der Waals surface area contributed by atoms with Crippen LogP contribution in [0.4, 0.5) is 5.69 Å². The summed E-state index contributed by atoms with van der Waals surface area (Å²) in [6, 6.07) is 15.6. The molecule has 0 radical (unpaired) electrons. The molecule has 0 aliphatic carbocycles. The molecule has 3 rings (SSSR count). The number of aromatic nitrogens is 2. The minimum absolute atomic E-state index is 0.668. The van der Waals surface area contributed by atoms with Crippen molar-refractivity contribution in [1.29, 1.82) is 0 Å². The fraction of sp³-hybridized carbons (Fsp3) is 0. The summed E-state index contributed by atoms with van der Waals surface area (Å²) in [4.78, 5) is 14.7. The minimum Gasteiger partial charge on any atom is -0.329 e. The van der Waals surface area contributed by atoms with Gasteiger partial charge >= 0.3 is 0 Å². The number of rotatable bonds is 3. The Hall–Kier alpha value is -2.62. The molecule has 0 spiro atoms. The summed E-state index contributed by atoms with van der Waals surface area (Å²) < 4.78 is 2.01. The van der Waals surface area contributed by atoms with Gasteiger partial charge < -0.3 is 5.32 Å². The van der Waals surface area contributed by atoms with Crippen LogP contribution in [0.25, 0.3) is 16.7 Å². The lowest BCUT2D eigenvalue weighted by atomic mass is 10.2. The largest absolute Gasteiger partial charge is 0.329 e. The molecule has 2 aromatic carbocycles. The molecule has 0 fully saturated rings. The number of nitrogens with zero attached hydrogens (tertiary/aromatic N) is 2. The predicted octanol–water partition coefficient (Wildman–Crippen LogP) is 2.59. The van der Waals surface area contributed by atoms with Crippen LogP contribution < -0.4 is 5.32 Å². The highest BCUT2D eigenvalue weighted by molar-refractivity contribution is 5.77. The molecule has 1 N–H and O–H groups in total. The van der Waals surface area contributed by atoms with E-state index < -0.39 is 0 Å². The van der Waals surface area contributed by atoms with E-state index in [4.69, 9.17) is 0 Å². The first-order valence-electron chi connectivity index (χ1n) is 5.61. The van der Waals surface area contributed by atoms with Gasteiger partial charge in [0.15, 0.2) is 0 Å². The van der Waals surface area contributed by atoms with Gasteiger partial charge in [0.2, 0.25) is 6.41 Å². The first kappa shape index (κ1) is 10.5. The minimum atomic E-state index is 0.668. The van der Waals surface area contributed by atoms with E-state index >= 15 is 0 Å². The Kier molecular flexibility index (Phi) is 2.53. The Bertz CT molecular complexity index is 686. The third-order valence-corrected chi connectivity index (χ3v) is 2.82. The summed E-state index contributed by atoms with van der Waals surface area (Å²) in [6.45, 7) is 0. The van der Waals surface area contributed by atoms with Crippen LogP contribution in [0.15, 0.2) is 54.9 Å². The number of benzene rings is 2. The van der Waals surface area contributed by atoms with Crippen LogP contribution in [0.2, 0.25) is 0 Å². The van der Waals surface area contributed by atoms with Gasteiger partial charge in [0.05, 0.1) is 11.0 Å². The average molecular weight is 237 g/mol. The van der Waals surface area contributed by atoms with Crippen LogP contribution >= 0.6 is 0 Å². The fourth-order valence-electron chi connectivity index (χ4n) is 1.95. The molecule has 0 bridgehead atoms. The van der Waals surface area contributed by atoms with Gasteiger partial charge in [0.1, 0.15) is 6.33 Å². The molecule has 0 atom stereocenters. The van der Waals surface area contributed by atoms with E-state index in [0.717, 1.165) is 22.4 Å². The van der Waals surface area contributed by atoms with Crippen LogP contribution in [0, 0.1) is 0 Å². The molecule has 18 heavy (non-hydrogen) atoms. The van der Waals surface area contributed by atoms with Crippen LogP contribution in [0.3, 0.4) is 0 Å². The molecule has 0 aliphatic heterocycles. The van der Waals surface area contributed by atoms with Crippen molar-refractivity contribution in [3.05, 3.63) is 54.9 Å². The van der Waals surface area contributed by atoms with Crippen molar-refractivity contribution in [1.82, 2.24) is 9.55 Å². The number of carbonyl (C=O) groups is 1. The number of hydrogen-bond acceptors (Lipinski definition) is 2. The van der Waals surface area contributed by atoms with Crippen molar-refractivity contribution < 1.29 is 4.79 Å². The topological polar surface area (TPSA) is 46.9 Å². The van der Waals surface area contributed by atoms with Crippen molar-refractivity contribution in [3.8, 4) is 5.69 Å². The van der Waals surface area contributed by atoms with E-state index in [-0.39, 0.29) is 0 Å². The van der Waals surface area contributed by atoms with Gasteiger partial charge in [-0.05, 0) is 36.4 Å². The highest BCUT2D eigenvalue weighted by Gasteiger charge is 2.03. The van der Waals surface area contributed by atoms with Crippen LogP contribution in [-0.4, -0.2) is 16.0 Å². The van der Waals surface area contributed by atoms with Gasteiger partial charge in [-0.2, -0.15) is 0 Å². The molecule has 88 valence electrons. The van der Waals surface area contributed by atoms with Crippen LogP contribution in [-0.2, 0) is 4.79 Å². The standard InChI is InChI=1S/C14H11N3O/c18-10-16-11-5-7-12(8-6-11)17-9-15-13-3-1-2-4-14(13)17/h1-10H,(H,16,18). The van der Waals surface area contributed by atoms with Gasteiger partial charge in [0, 0.05) is 11.4 Å². The molecule has 0 saturated heterocycles. The van der Waals surface area contributed by atoms with Crippen molar-refractivity contribution >= 4 is 23.1 Å². The number of anilines is 1. The van der Waals surface area contributed by atoms with Crippen molar-refractivity contribution in [2.24, 2.45) is 0 Å². The summed E-state index contributed by atoms with van der Waals surface area (Å²) in [6.07, 6.45) is 2.47. The zero-order valence-electron chi connectivity index (χ0n) is 9.58.